The van der Waals surface area contributed by atoms with Crippen molar-refractivity contribution in [1.82, 2.24) is 4.90 Å². The van der Waals surface area contributed by atoms with E-state index in [9.17, 15) is 14.4 Å². The Hall–Kier alpha value is -2.37. The maximum Gasteiger partial charge on any atom is 0.248 e. The van der Waals surface area contributed by atoms with E-state index in [1.54, 1.807) is 25.1 Å². The molecular formula is C24H31N3O3. The number of amides is 3. The molecule has 4 saturated carbocycles. The Morgan fingerprint density at radius 2 is 1.70 bits per heavy atom. The van der Waals surface area contributed by atoms with Crippen LogP contribution in [0.2, 0.25) is 0 Å². The predicted octanol–water partition coefficient (Wildman–Crippen LogP) is 3.24. The number of hydrogen-bond acceptors (Lipinski definition) is 3. The average molecular weight is 410 g/mol. The monoisotopic (exact) mass is 409 g/mol. The lowest BCUT2D eigenvalue weighted by atomic mass is 9.49. The fourth-order valence-electron chi connectivity index (χ4n) is 7.20. The summed E-state index contributed by atoms with van der Waals surface area (Å²) in [5.41, 5.74) is 6.98. The van der Waals surface area contributed by atoms with Gasteiger partial charge in [-0.25, -0.2) is 0 Å². The van der Waals surface area contributed by atoms with Gasteiger partial charge in [-0.1, -0.05) is 0 Å². The molecule has 1 unspecified atom stereocenters. The minimum atomic E-state index is -0.478. The van der Waals surface area contributed by atoms with Crippen molar-refractivity contribution < 1.29 is 14.4 Å². The molecule has 0 radical (unpaired) electrons. The lowest BCUT2D eigenvalue weighted by molar-refractivity contribution is -0.160. The lowest BCUT2D eigenvalue weighted by Gasteiger charge is -2.56. The first-order valence-corrected chi connectivity index (χ1v) is 11.4. The van der Waals surface area contributed by atoms with E-state index in [1.807, 2.05) is 4.90 Å². The van der Waals surface area contributed by atoms with Crippen LogP contribution in [0.3, 0.4) is 0 Å². The molecule has 1 aromatic rings. The van der Waals surface area contributed by atoms with Crippen LogP contribution in [0.25, 0.3) is 0 Å². The van der Waals surface area contributed by atoms with Crippen LogP contribution in [0, 0.1) is 30.1 Å². The molecule has 1 heterocycles. The van der Waals surface area contributed by atoms with E-state index in [-0.39, 0.29) is 17.2 Å². The number of likely N-dealkylation sites (tertiary alicyclic amines) is 1. The van der Waals surface area contributed by atoms with Crippen molar-refractivity contribution in [2.24, 2.45) is 28.9 Å². The van der Waals surface area contributed by atoms with Gasteiger partial charge in [0.15, 0.2) is 0 Å². The first-order valence-electron chi connectivity index (χ1n) is 11.4. The molecule has 3 N–H and O–H groups in total. The third-order valence-electron chi connectivity index (χ3n) is 8.07. The second-order valence-electron chi connectivity index (χ2n) is 10.2. The van der Waals surface area contributed by atoms with Crippen LogP contribution in [-0.4, -0.2) is 35.2 Å². The summed E-state index contributed by atoms with van der Waals surface area (Å²) in [7, 11) is 0. The maximum absolute atomic E-state index is 13.7. The molecule has 1 atom stereocenters. The Labute approximate surface area is 177 Å². The summed E-state index contributed by atoms with van der Waals surface area (Å²) in [6.07, 6.45) is 8.56. The van der Waals surface area contributed by atoms with Crippen molar-refractivity contribution in [3.63, 3.8) is 0 Å². The first kappa shape index (κ1) is 19.6. The van der Waals surface area contributed by atoms with E-state index in [0.717, 1.165) is 31.2 Å². The van der Waals surface area contributed by atoms with Crippen molar-refractivity contribution in [2.75, 3.05) is 11.9 Å². The second kappa shape index (κ2) is 7.10. The Kier molecular flexibility index (Phi) is 4.64. The van der Waals surface area contributed by atoms with Gasteiger partial charge < -0.3 is 16.0 Å². The molecule has 4 aliphatic carbocycles. The molecule has 6 heteroatoms. The normalized spacial score (nSPS) is 34.2. The highest BCUT2D eigenvalue weighted by atomic mass is 16.2. The summed E-state index contributed by atoms with van der Waals surface area (Å²) in [5.74, 6) is 1.76. The van der Waals surface area contributed by atoms with Gasteiger partial charge >= 0.3 is 0 Å². The van der Waals surface area contributed by atoms with Crippen LogP contribution < -0.4 is 11.1 Å². The fraction of sp³-hybridized carbons (Fsp3) is 0.625. The number of nitrogens with one attached hydrogen (secondary N) is 1. The molecule has 5 fully saturated rings. The quantitative estimate of drug-likeness (QED) is 0.800. The topological polar surface area (TPSA) is 92.5 Å². The van der Waals surface area contributed by atoms with Crippen molar-refractivity contribution in [1.29, 1.82) is 0 Å². The van der Waals surface area contributed by atoms with Gasteiger partial charge in [0.25, 0.3) is 0 Å². The third kappa shape index (κ3) is 3.21. The highest BCUT2D eigenvalue weighted by Gasteiger charge is 2.56. The summed E-state index contributed by atoms with van der Waals surface area (Å²) in [6.45, 7) is 2.48. The summed E-state index contributed by atoms with van der Waals surface area (Å²) < 4.78 is 0. The molecule has 3 amide bonds. The zero-order chi connectivity index (χ0) is 21.0. The largest absolute Gasteiger partial charge is 0.366 e. The van der Waals surface area contributed by atoms with Crippen LogP contribution >= 0.6 is 0 Å². The number of hydrogen-bond donors (Lipinski definition) is 2. The number of benzene rings is 1. The molecule has 1 aliphatic heterocycles. The van der Waals surface area contributed by atoms with Crippen molar-refractivity contribution in [3.8, 4) is 0 Å². The molecule has 4 bridgehead atoms. The van der Waals surface area contributed by atoms with Crippen LogP contribution in [0.15, 0.2) is 18.2 Å². The second-order valence-corrected chi connectivity index (χ2v) is 10.2. The van der Waals surface area contributed by atoms with Crippen LogP contribution in [0.4, 0.5) is 5.69 Å². The van der Waals surface area contributed by atoms with E-state index >= 15 is 0 Å². The van der Waals surface area contributed by atoms with Gasteiger partial charge in [0.2, 0.25) is 17.7 Å². The predicted molar refractivity (Wildman–Crippen MR) is 114 cm³/mol. The number of rotatable bonds is 4. The highest BCUT2D eigenvalue weighted by Crippen LogP contribution is 2.60. The van der Waals surface area contributed by atoms with Crippen molar-refractivity contribution in [3.05, 3.63) is 29.3 Å². The summed E-state index contributed by atoms with van der Waals surface area (Å²) in [5, 5.41) is 2.96. The van der Waals surface area contributed by atoms with Gasteiger partial charge in [0, 0.05) is 17.8 Å². The van der Waals surface area contributed by atoms with Gasteiger partial charge in [-0.05, 0) is 99.8 Å². The van der Waals surface area contributed by atoms with Crippen LogP contribution in [-0.2, 0) is 9.59 Å². The average Bonchev–Trinajstić information content (AvgIpc) is 3.16. The van der Waals surface area contributed by atoms with E-state index in [2.05, 4.69) is 5.32 Å². The highest BCUT2D eigenvalue weighted by molar-refractivity contribution is 5.99. The number of carbonyl (C=O) groups excluding carboxylic acids is 3. The number of aryl methyl sites for hydroxylation is 1. The van der Waals surface area contributed by atoms with Crippen molar-refractivity contribution in [2.45, 2.75) is 64.3 Å². The van der Waals surface area contributed by atoms with E-state index in [4.69, 9.17) is 5.73 Å². The Bertz CT molecular complexity index is 874. The van der Waals surface area contributed by atoms with Crippen LogP contribution in [0.1, 0.15) is 67.3 Å². The number of carbonyl (C=O) groups is 3. The summed E-state index contributed by atoms with van der Waals surface area (Å²) in [4.78, 5) is 40.1. The molecule has 5 aliphatic rings. The molecule has 1 aromatic carbocycles. The fourth-order valence-corrected chi connectivity index (χ4v) is 7.20. The summed E-state index contributed by atoms with van der Waals surface area (Å²) in [6, 6.07) is 4.70. The SMILES string of the molecule is Cc1cc(NC(=O)C2CCCN2C(=O)C23CC4CC(CC(C4)C2)C3)ccc1C(N)=O. The van der Waals surface area contributed by atoms with Crippen molar-refractivity contribution >= 4 is 23.4 Å². The Balaban J connectivity index is 1.31. The number of anilines is 1. The molecular weight excluding hydrogens is 378 g/mol. The zero-order valence-corrected chi connectivity index (χ0v) is 17.7. The van der Waals surface area contributed by atoms with Gasteiger partial charge in [-0.3, -0.25) is 14.4 Å². The molecule has 0 spiro atoms. The summed E-state index contributed by atoms with van der Waals surface area (Å²) >= 11 is 0. The maximum atomic E-state index is 13.7. The van der Waals surface area contributed by atoms with Gasteiger partial charge in [0.05, 0.1) is 5.41 Å². The standard InChI is InChI=1S/C24H31N3O3/c1-14-7-18(4-5-19(14)21(25)28)26-22(29)20-3-2-6-27(20)23(30)24-11-15-8-16(12-24)10-17(9-15)13-24/h4-5,7,15-17,20H,2-3,6,8-13H2,1H3,(H2,25,28)(H,26,29). The molecule has 6 rings (SSSR count). The number of nitrogens with two attached hydrogens (primary N) is 1. The molecule has 1 saturated heterocycles. The van der Waals surface area contributed by atoms with Gasteiger partial charge in [-0.15, -0.1) is 0 Å². The molecule has 30 heavy (non-hydrogen) atoms. The lowest BCUT2D eigenvalue weighted by Crippen LogP contribution is -2.56. The third-order valence-corrected chi connectivity index (χ3v) is 8.07. The van der Waals surface area contributed by atoms with Gasteiger partial charge in [-0.2, -0.15) is 0 Å². The van der Waals surface area contributed by atoms with E-state index in [0.29, 0.717) is 42.0 Å². The minimum absolute atomic E-state index is 0.128. The van der Waals surface area contributed by atoms with Gasteiger partial charge in [0.1, 0.15) is 6.04 Å². The number of nitrogens with zero attached hydrogens (tertiary/aromatic N) is 1. The van der Waals surface area contributed by atoms with E-state index in [1.165, 1.54) is 19.3 Å². The minimum Gasteiger partial charge on any atom is -0.366 e. The molecule has 6 nitrogen and oxygen atoms in total. The Morgan fingerprint density at radius 3 is 2.27 bits per heavy atom. The smallest absolute Gasteiger partial charge is 0.248 e. The van der Waals surface area contributed by atoms with Crippen LogP contribution in [0.5, 0.6) is 0 Å². The first-order chi connectivity index (χ1) is 14.3. The number of primary amides is 1. The molecule has 0 aromatic heterocycles. The Morgan fingerprint density at radius 1 is 1.07 bits per heavy atom. The molecule has 160 valence electrons. The van der Waals surface area contributed by atoms with E-state index < -0.39 is 11.9 Å². The zero-order valence-electron chi connectivity index (χ0n) is 17.7.